The number of aryl methyl sites for hydroxylation is 1. The lowest BCUT2D eigenvalue weighted by Gasteiger charge is -2.05. The van der Waals surface area contributed by atoms with Crippen molar-refractivity contribution in [3.8, 4) is 0 Å². The van der Waals surface area contributed by atoms with E-state index in [0.29, 0.717) is 16.9 Å². The molecule has 0 aliphatic heterocycles. The zero-order chi connectivity index (χ0) is 10.1. The predicted octanol–water partition coefficient (Wildman–Crippen LogP) is 0.985. The first kappa shape index (κ1) is 9.82. The molecule has 0 saturated heterocycles. The van der Waals surface area contributed by atoms with Crippen LogP contribution in [0, 0.1) is 0 Å². The maximum absolute atomic E-state index is 11.9. The van der Waals surface area contributed by atoms with E-state index >= 15 is 0 Å². The number of nitrogens with two attached hydrogens (primary N) is 1. The molecule has 0 aliphatic rings. The fourth-order valence-electron chi connectivity index (χ4n) is 0.839. The molecule has 2 N–H and O–H groups in total. The molecule has 0 radical (unpaired) electrons. The molecule has 0 bridgehead atoms. The van der Waals surface area contributed by atoms with Crippen LogP contribution in [-0.2, 0) is 13.0 Å². The zero-order valence-corrected chi connectivity index (χ0v) is 6.97. The molecule has 0 aromatic carbocycles. The minimum absolute atomic E-state index is 0.200. The van der Waals surface area contributed by atoms with Gasteiger partial charge in [-0.2, -0.15) is 23.3 Å². The molecule has 0 amide bonds. The van der Waals surface area contributed by atoms with E-state index in [0.717, 1.165) is 0 Å². The smallest absolute Gasteiger partial charge is 0.368 e. The van der Waals surface area contributed by atoms with E-state index in [1.165, 1.54) is 0 Å². The topological polar surface area (TPSA) is 56.7 Å². The molecule has 0 fully saturated rings. The van der Waals surface area contributed by atoms with Gasteiger partial charge in [-0.3, -0.25) is 0 Å². The van der Waals surface area contributed by atoms with Gasteiger partial charge < -0.3 is 5.73 Å². The number of halogens is 3. The van der Waals surface area contributed by atoms with E-state index in [1.807, 2.05) is 0 Å². The van der Waals surface area contributed by atoms with E-state index in [4.69, 9.17) is 5.73 Å². The van der Waals surface area contributed by atoms with E-state index in [2.05, 4.69) is 10.1 Å². The fourth-order valence-corrected chi connectivity index (χ4v) is 0.839. The van der Waals surface area contributed by atoms with Gasteiger partial charge in [-0.15, -0.1) is 0 Å². The first-order chi connectivity index (χ1) is 5.92. The van der Waals surface area contributed by atoms with Crippen LogP contribution in [0.4, 0.5) is 19.1 Å². The van der Waals surface area contributed by atoms with Gasteiger partial charge in [0.25, 0.3) is 0 Å². The SMILES string of the molecule is CCc1nc(N)n(CC(F)(F)F)n1. The van der Waals surface area contributed by atoms with Crippen LogP contribution in [-0.4, -0.2) is 20.9 Å². The van der Waals surface area contributed by atoms with Crippen molar-refractivity contribution in [2.75, 3.05) is 5.73 Å². The first-order valence-corrected chi connectivity index (χ1v) is 3.68. The molecule has 0 unspecified atom stereocenters. The third-order valence-corrected chi connectivity index (χ3v) is 1.39. The molecule has 0 atom stereocenters. The lowest BCUT2D eigenvalue weighted by Crippen LogP contribution is -2.20. The van der Waals surface area contributed by atoms with Crippen molar-refractivity contribution >= 4 is 5.95 Å². The van der Waals surface area contributed by atoms with Crippen LogP contribution in [0.2, 0.25) is 0 Å². The van der Waals surface area contributed by atoms with Gasteiger partial charge in [-0.05, 0) is 0 Å². The molecule has 1 rings (SSSR count). The van der Waals surface area contributed by atoms with Crippen LogP contribution < -0.4 is 5.73 Å². The molecular formula is C6H9F3N4. The van der Waals surface area contributed by atoms with Crippen molar-refractivity contribution in [2.45, 2.75) is 26.1 Å². The van der Waals surface area contributed by atoms with Gasteiger partial charge in [-0.1, -0.05) is 6.92 Å². The Balaban J connectivity index is 2.83. The number of aromatic nitrogens is 3. The minimum Gasteiger partial charge on any atom is -0.368 e. The van der Waals surface area contributed by atoms with Crippen LogP contribution in [0.5, 0.6) is 0 Å². The Bertz CT molecular complexity index is 291. The van der Waals surface area contributed by atoms with Crippen LogP contribution in [0.15, 0.2) is 0 Å². The van der Waals surface area contributed by atoms with E-state index < -0.39 is 12.7 Å². The Morgan fingerprint density at radius 1 is 1.46 bits per heavy atom. The summed E-state index contributed by atoms with van der Waals surface area (Å²) in [7, 11) is 0. The molecular weight excluding hydrogens is 185 g/mol. The number of nitrogens with zero attached hydrogens (tertiary/aromatic N) is 3. The average molecular weight is 194 g/mol. The van der Waals surface area contributed by atoms with Crippen molar-refractivity contribution in [2.24, 2.45) is 0 Å². The number of hydrogen-bond acceptors (Lipinski definition) is 3. The second-order valence-corrected chi connectivity index (χ2v) is 2.51. The summed E-state index contributed by atoms with van der Waals surface area (Å²) in [6.07, 6.45) is -3.85. The maximum Gasteiger partial charge on any atom is 0.408 e. The van der Waals surface area contributed by atoms with E-state index in [1.54, 1.807) is 6.92 Å². The summed E-state index contributed by atoms with van der Waals surface area (Å²) < 4.78 is 36.3. The summed E-state index contributed by atoms with van der Waals surface area (Å²) in [6, 6.07) is 0. The first-order valence-electron chi connectivity index (χ1n) is 3.68. The Hall–Kier alpha value is -1.27. The van der Waals surface area contributed by atoms with Crippen molar-refractivity contribution in [3.05, 3.63) is 5.82 Å². The van der Waals surface area contributed by atoms with Crippen molar-refractivity contribution in [3.63, 3.8) is 0 Å². The molecule has 1 aromatic rings. The molecule has 1 heterocycles. The standard InChI is InChI=1S/C6H9F3N4/c1-2-4-11-5(10)13(12-4)3-6(7,8)9/h2-3H2,1H3,(H2,10,11,12). The van der Waals surface area contributed by atoms with Crippen LogP contribution >= 0.6 is 0 Å². The van der Waals surface area contributed by atoms with E-state index in [9.17, 15) is 13.2 Å². The van der Waals surface area contributed by atoms with Gasteiger partial charge in [-0.25, -0.2) is 4.68 Å². The van der Waals surface area contributed by atoms with Gasteiger partial charge in [0.2, 0.25) is 5.95 Å². The number of nitrogen functional groups attached to an aromatic ring is 1. The minimum atomic E-state index is -4.31. The van der Waals surface area contributed by atoms with Gasteiger partial charge in [0, 0.05) is 6.42 Å². The molecule has 0 aliphatic carbocycles. The third kappa shape index (κ3) is 2.60. The molecule has 4 nitrogen and oxygen atoms in total. The third-order valence-electron chi connectivity index (χ3n) is 1.39. The lowest BCUT2D eigenvalue weighted by atomic mass is 10.5. The second kappa shape index (κ2) is 3.23. The summed E-state index contributed by atoms with van der Waals surface area (Å²) in [4.78, 5) is 3.64. The number of alkyl halides is 3. The number of hydrogen-bond donors (Lipinski definition) is 1. The monoisotopic (exact) mass is 194 g/mol. The van der Waals surface area contributed by atoms with Crippen molar-refractivity contribution in [1.82, 2.24) is 14.8 Å². The Morgan fingerprint density at radius 2 is 2.08 bits per heavy atom. The molecule has 1 aromatic heterocycles. The summed E-state index contributed by atoms with van der Waals surface area (Å²) in [5.41, 5.74) is 5.21. The largest absolute Gasteiger partial charge is 0.408 e. The predicted molar refractivity (Wildman–Crippen MR) is 39.9 cm³/mol. The summed E-state index contributed by atoms with van der Waals surface area (Å²) in [6.45, 7) is 0.554. The van der Waals surface area contributed by atoms with Gasteiger partial charge in [0.05, 0.1) is 0 Å². The highest BCUT2D eigenvalue weighted by atomic mass is 19.4. The molecule has 13 heavy (non-hydrogen) atoms. The van der Waals surface area contributed by atoms with Crippen molar-refractivity contribution in [1.29, 1.82) is 0 Å². The lowest BCUT2D eigenvalue weighted by molar-refractivity contribution is -0.142. The van der Waals surface area contributed by atoms with E-state index in [-0.39, 0.29) is 5.95 Å². The fraction of sp³-hybridized carbons (Fsp3) is 0.667. The van der Waals surface area contributed by atoms with Crippen LogP contribution in [0.25, 0.3) is 0 Å². The molecule has 0 spiro atoms. The number of rotatable bonds is 2. The quantitative estimate of drug-likeness (QED) is 0.763. The molecule has 0 saturated carbocycles. The Morgan fingerprint density at radius 3 is 2.46 bits per heavy atom. The highest BCUT2D eigenvalue weighted by Crippen LogP contribution is 2.18. The summed E-state index contributed by atoms with van der Waals surface area (Å²) in [5, 5.41) is 3.57. The average Bonchev–Trinajstić information content (AvgIpc) is 2.29. The van der Waals surface area contributed by atoms with Gasteiger partial charge in [0.15, 0.2) is 5.82 Å². The highest BCUT2D eigenvalue weighted by Gasteiger charge is 2.29. The van der Waals surface area contributed by atoms with Gasteiger partial charge >= 0.3 is 6.18 Å². The van der Waals surface area contributed by atoms with Gasteiger partial charge in [0.1, 0.15) is 6.54 Å². The molecule has 74 valence electrons. The van der Waals surface area contributed by atoms with Crippen LogP contribution in [0.1, 0.15) is 12.7 Å². The Labute approximate surface area is 72.6 Å². The van der Waals surface area contributed by atoms with Crippen molar-refractivity contribution < 1.29 is 13.2 Å². The maximum atomic E-state index is 11.9. The summed E-state index contributed by atoms with van der Waals surface area (Å²) in [5.74, 6) is 0.121. The zero-order valence-electron chi connectivity index (χ0n) is 6.97. The summed E-state index contributed by atoms with van der Waals surface area (Å²) >= 11 is 0. The Kier molecular flexibility index (Phi) is 2.44. The van der Waals surface area contributed by atoms with Crippen LogP contribution in [0.3, 0.4) is 0 Å². The normalized spacial score (nSPS) is 12.0. The molecule has 7 heteroatoms. The number of anilines is 1. The second-order valence-electron chi connectivity index (χ2n) is 2.51. The highest BCUT2D eigenvalue weighted by molar-refractivity contribution is 5.16.